The van der Waals surface area contributed by atoms with Crippen LogP contribution in [-0.4, -0.2) is 0 Å². The first-order chi connectivity index (χ1) is 6.31. The highest BCUT2D eigenvalue weighted by molar-refractivity contribution is 5.38. The fourth-order valence-corrected chi connectivity index (χ4v) is 0.950. The van der Waals surface area contributed by atoms with Gasteiger partial charge in [-0.05, 0) is 17.7 Å². The second kappa shape index (κ2) is 3.96. The van der Waals surface area contributed by atoms with Gasteiger partial charge in [-0.15, -0.1) is 6.42 Å². The van der Waals surface area contributed by atoms with Crippen molar-refractivity contribution in [2.75, 3.05) is 0 Å². The average molecular weight is 166 g/mol. The molecule has 0 saturated heterocycles. The Morgan fingerprint density at radius 2 is 1.62 bits per heavy atom. The van der Waals surface area contributed by atoms with Gasteiger partial charge in [0.2, 0.25) is 0 Å². The summed E-state index contributed by atoms with van der Waals surface area (Å²) < 4.78 is 0. The van der Waals surface area contributed by atoms with Crippen molar-refractivity contribution < 1.29 is 0 Å². The van der Waals surface area contributed by atoms with Crippen LogP contribution < -0.4 is 0 Å². The first kappa shape index (κ1) is 8.85. The summed E-state index contributed by atoms with van der Waals surface area (Å²) in [5, 5.41) is 17.2. The summed E-state index contributed by atoms with van der Waals surface area (Å²) in [6, 6.07) is 10.6. The first-order valence-corrected chi connectivity index (χ1v) is 3.67. The molecule has 60 valence electrons. The SMILES string of the molecule is C#Cc1ccc(C(C#N)C#N)cc1. The Hall–Kier alpha value is -2.24. The lowest BCUT2D eigenvalue weighted by Crippen LogP contribution is -1.91. The van der Waals surface area contributed by atoms with E-state index in [9.17, 15) is 0 Å². The average Bonchev–Trinajstić information content (AvgIpc) is 2.21. The molecule has 0 unspecified atom stereocenters. The molecule has 0 aliphatic rings. The molecule has 0 aromatic heterocycles. The Balaban J connectivity index is 3.02. The molecule has 1 aromatic carbocycles. The van der Waals surface area contributed by atoms with Crippen LogP contribution in [0.2, 0.25) is 0 Å². The molecule has 13 heavy (non-hydrogen) atoms. The highest BCUT2D eigenvalue weighted by Gasteiger charge is 2.07. The first-order valence-electron chi connectivity index (χ1n) is 3.67. The van der Waals surface area contributed by atoms with Crippen molar-refractivity contribution in [3.63, 3.8) is 0 Å². The van der Waals surface area contributed by atoms with E-state index in [1.165, 1.54) is 0 Å². The lowest BCUT2D eigenvalue weighted by atomic mass is 10.0. The lowest BCUT2D eigenvalue weighted by molar-refractivity contribution is 1.10. The van der Waals surface area contributed by atoms with Crippen LogP contribution in [-0.2, 0) is 0 Å². The van der Waals surface area contributed by atoms with Gasteiger partial charge in [0.15, 0.2) is 5.92 Å². The predicted molar refractivity (Wildman–Crippen MR) is 48.3 cm³/mol. The monoisotopic (exact) mass is 166 g/mol. The van der Waals surface area contributed by atoms with E-state index in [-0.39, 0.29) is 0 Å². The third-order valence-electron chi connectivity index (χ3n) is 1.67. The summed E-state index contributed by atoms with van der Waals surface area (Å²) in [6.07, 6.45) is 5.16. The maximum atomic E-state index is 8.59. The van der Waals surface area contributed by atoms with Crippen LogP contribution in [0.1, 0.15) is 17.0 Å². The van der Waals surface area contributed by atoms with Crippen LogP contribution in [0.25, 0.3) is 0 Å². The summed E-state index contributed by atoms with van der Waals surface area (Å²) in [5.41, 5.74) is 1.43. The van der Waals surface area contributed by atoms with Gasteiger partial charge in [-0.25, -0.2) is 0 Å². The van der Waals surface area contributed by atoms with Crippen molar-refractivity contribution >= 4 is 0 Å². The predicted octanol–water partition coefficient (Wildman–Crippen LogP) is 1.80. The van der Waals surface area contributed by atoms with Gasteiger partial charge in [0, 0.05) is 5.56 Å². The van der Waals surface area contributed by atoms with Crippen LogP contribution in [0.3, 0.4) is 0 Å². The second-order valence-electron chi connectivity index (χ2n) is 2.46. The number of benzene rings is 1. The molecule has 0 N–H and O–H groups in total. The normalized spacial score (nSPS) is 8.46. The molecule has 0 aliphatic carbocycles. The zero-order chi connectivity index (χ0) is 9.68. The minimum atomic E-state index is -0.702. The Kier molecular flexibility index (Phi) is 2.69. The quantitative estimate of drug-likeness (QED) is 0.597. The highest BCUT2D eigenvalue weighted by atomic mass is 14.3. The van der Waals surface area contributed by atoms with Crippen LogP contribution in [0, 0.1) is 35.0 Å². The van der Waals surface area contributed by atoms with Gasteiger partial charge in [-0.3, -0.25) is 0 Å². The van der Waals surface area contributed by atoms with Crippen molar-refractivity contribution in [3.05, 3.63) is 35.4 Å². The number of nitriles is 2. The Bertz CT molecular complexity index is 395. The highest BCUT2D eigenvalue weighted by Crippen LogP contribution is 2.14. The van der Waals surface area contributed by atoms with E-state index in [4.69, 9.17) is 16.9 Å². The molecule has 0 heterocycles. The molecule has 1 rings (SSSR count). The van der Waals surface area contributed by atoms with E-state index in [0.717, 1.165) is 5.56 Å². The number of hydrogen-bond acceptors (Lipinski definition) is 2. The fraction of sp³-hybridized carbons (Fsp3) is 0.0909. The molecule has 0 fully saturated rings. The molecule has 1 aromatic rings. The Morgan fingerprint density at radius 3 is 2.00 bits per heavy atom. The minimum absolute atomic E-state index is 0.684. The standard InChI is InChI=1S/C11H6N2/c1-2-9-3-5-10(6-4-9)11(7-12)8-13/h1,3-6,11H. The second-order valence-corrected chi connectivity index (χ2v) is 2.46. The summed E-state index contributed by atoms with van der Waals surface area (Å²) in [5.74, 6) is 1.76. The van der Waals surface area contributed by atoms with Crippen LogP contribution >= 0.6 is 0 Å². The van der Waals surface area contributed by atoms with Gasteiger partial charge < -0.3 is 0 Å². The van der Waals surface area contributed by atoms with Crippen LogP contribution in [0.5, 0.6) is 0 Å². The minimum Gasteiger partial charge on any atom is -0.196 e. The van der Waals surface area contributed by atoms with Crippen molar-refractivity contribution in [2.45, 2.75) is 5.92 Å². The third-order valence-corrected chi connectivity index (χ3v) is 1.67. The zero-order valence-electron chi connectivity index (χ0n) is 6.86. The molecule has 0 spiro atoms. The molecule has 0 bridgehead atoms. The molecule has 0 atom stereocenters. The molecule has 0 saturated carbocycles. The van der Waals surface area contributed by atoms with E-state index in [1.807, 2.05) is 12.1 Å². The van der Waals surface area contributed by atoms with E-state index >= 15 is 0 Å². The smallest absolute Gasteiger partial charge is 0.158 e. The van der Waals surface area contributed by atoms with Gasteiger partial charge >= 0.3 is 0 Å². The fourth-order valence-electron chi connectivity index (χ4n) is 0.950. The van der Waals surface area contributed by atoms with Gasteiger partial charge in [0.1, 0.15) is 0 Å². The molecule has 0 aliphatic heterocycles. The van der Waals surface area contributed by atoms with E-state index in [0.29, 0.717) is 5.56 Å². The zero-order valence-corrected chi connectivity index (χ0v) is 6.86. The maximum absolute atomic E-state index is 8.59. The summed E-state index contributed by atoms with van der Waals surface area (Å²) in [6.45, 7) is 0. The Labute approximate surface area is 77.0 Å². The summed E-state index contributed by atoms with van der Waals surface area (Å²) in [7, 11) is 0. The molecular formula is C11H6N2. The van der Waals surface area contributed by atoms with E-state index in [1.54, 1.807) is 24.3 Å². The van der Waals surface area contributed by atoms with Gasteiger partial charge in [0.25, 0.3) is 0 Å². The van der Waals surface area contributed by atoms with Gasteiger partial charge in [0.05, 0.1) is 12.1 Å². The van der Waals surface area contributed by atoms with E-state index in [2.05, 4.69) is 5.92 Å². The molecule has 0 radical (unpaired) electrons. The van der Waals surface area contributed by atoms with Gasteiger partial charge in [-0.1, -0.05) is 18.1 Å². The van der Waals surface area contributed by atoms with Crippen molar-refractivity contribution in [2.24, 2.45) is 0 Å². The number of terminal acetylenes is 1. The number of rotatable bonds is 1. The number of hydrogen-bond donors (Lipinski definition) is 0. The molecule has 2 heteroatoms. The maximum Gasteiger partial charge on any atom is 0.158 e. The third kappa shape index (κ3) is 1.86. The van der Waals surface area contributed by atoms with E-state index < -0.39 is 5.92 Å². The number of nitrogens with zero attached hydrogens (tertiary/aromatic N) is 2. The largest absolute Gasteiger partial charge is 0.196 e. The Morgan fingerprint density at radius 1 is 1.08 bits per heavy atom. The molecular weight excluding hydrogens is 160 g/mol. The van der Waals surface area contributed by atoms with Crippen LogP contribution in [0.15, 0.2) is 24.3 Å². The van der Waals surface area contributed by atoms with Crippen molar-refractivity contribution in [1.82, 2.24) is 0 Å². The van der Waals surface area contributed by atoms with Crippen molar-refractivity contribution in [1.29, 1.82) is 10.5 Å². The summed E-state index contributed by atoms with van der Waals surface area (Å²) in [4.78, 5) is 0. The molecule has 0 amide bonds. The molecule has 2 nitrogen and oxygen atoms in total. The summed E-state index contributed by atoms with van der Waals surface area (Å²) >= 11 is 0. The van der Waals surface area contributed by atoms with Crippen molar-refractivity contribution in [3.8, 4) is 24.5 Å². The van der Waals surface area contributed by atoms with Crippen LogP contribution in [0.4, 0.5) is 0 Å². The van der Waals surface area contributed by atoms with Gasteiger partial charge in [-0.2, -0.15) is 10.5 Å². The topological polar surface area (TPSA) is 47.6 Å². The lowest BCUT2D eigenvalue weighted by Gasteiger charge is -1.99.